The van der Waals surface area contributed by atoms with Crippen molar-refractivity contribution in [3.8, 4) is 0 Å². The first-order chi connectivity index (χ1) is 13.1. The van der Waals surface area contributed by atoms with Gasteiger partial charge in [0.2, 0.25) is 0 Å². The molecular formula is C26H31N. The lowest BCUT2D eigenvalue weighted by Gasteiger charge is -2.36. The number of aromatic nitrogens is 1. The van der Waals surface area contributed by atoms with E-state index in [1.807, 2.05) is 12.4 Å². The van der Waals surface area contributed by atoms with E-state index in [0.29, 0.717) is 11.8 Å². The molecule has 1 heteroatoms. The number of hydrogen-bond donors (Lipinski definition) is 0. The molecule has 3 aromatic rings. The van der Waals surface area contributed by atoms with Gasteiger partial charge >= 0.3 is 0 Å². The van der Waals surface area contributed by atoms with Gasteiger partial charge in [-0.25, -0.2) is 0 Å². The van der Waals surface area contributed by atoms with Crippen molar-refractivity contribution >= 4 is 0 Å². The Bertz CT molecular complexity index is 797. The predicted octanol–water partition coefficient (Wildman–Crippen LogP) is 7.12. The zero-order valence-corrected chi connectivity index (χ0v) is 16.8. The van der Waals surface area contributed by atoms with Crippen LogP contribution in [0.15, 0.2) is 85.2 Å². The fourth-order valence-electron chi connectivity index (χ4n) is 4.41. The highest BCUT2D eigenvalue weighted by molar-refractivity contribution is 5.29. The summed E-state index contributed by atoms with van der Waals surface area (Å²) in [6.07, 6.45) is 7.27. The summed E-state index contributed by atoms with van der Waals surface area (Å²) >= 11 is 0. The van der Waals surface area contributed by atoms with E-state index in [9.17, 15) is 0 Å². The molecule has 0 aliphatic carbocycles. The molecule has 3 unspecified atom stereocenters. The van der Waals surface area contributed by atoms with Crippen molar-refractivity contribution in [3.63, 3.8) is 0 Å². The van der Waals surface area contributed by atoms with Crippen LogP contribution in [0.3, 0.4) is 0 Å². The average Bonchev–Trinajstić information content (AvgIpc) is 2.74. The predicted molar refractivity (Wildman–Crippen MR) is 115 cm³/mol. The number of benzene rings is 2. The molecule has 0 N–H and O–H groups in total. The first-order valence-electron chi connectivity index (χ1n) is 10.1. The summed E-state index contributed by atoms with van der Waals surface area (Å²) in [5.41, 5.74) is 4.40. The first-order valence-corrected chi connectivity index (χ1v) is 10.1. The summed E-state index contributed by atoms with van der Waals surface area (Å²) in [5.74, 6) is 1.06. The molecule has 0 spiro atoms. The Hall–Kier alpha value is -2.41. The first kappa shape index (κ1) is 19.4. The van der Waals surface area contributed by atoms with Gasteiger partial charge in [-0.3, -0.25) is 4.98 Å². The Balaban J connectivity index is 1.90. The molecule has 0 saturated heterocycles. The Labute approximate surface area is 164 Å². The van der Waals surface area contributed by atoms with Crippen molar-refractivity contribution < 1.29 is 0 Å². The molecule has 0 radical (unpaired) electrons. The molecular weight excluding hydrogens is 326 g/mol. The van der Waals surface area contributed by atoms with Crippen molar-refractivity contribution in [2.45, 2.75) is 57.3 Å². The van der Waals surface area contributed by atoms with Crippen LogP contribution in [0.2, 0.25) is 0 Å². The quantitative estimate of drug-likeness (QED) is 0.418. The van der Waals surface area contributed by atoms with E-state index in [4.69, 9.17) is 0 Å². The highest BCUT2D eigenvalue weighted by atomic mass is 14.6. The second kappa shape index (κ2) is 8.99. The zero-order valence-electron chi connectivity index (χ0n) is 16.8. The molecule has 1 nitrogen and oxygen atoms in total. The summed E-state index contributed by atoms with van der Waals surface area (Å²) in [6.45, 7) is 7.11. The maximum Gasteiger partial charge on any atom is 0.0270 e. The maximum absolute atomic E-state index is 4.18. The van der Waals surface area contributed by atoms with E-state index < -0.39 is 0 Å². The van der Waals surface area contributed by atoms with Gasteiger partial charge in [0, 0.05) is 12.4 Å². The highest BCUT2D eigenvalue weighted by Crippen LogP contribution is 2.43. The zero-order chi connectivity index (χ0) is 19.1. The number of hydrogen-bond acceptors (Lipinski definition) is 1. The molecule has 0 fully saturated rings. The average molecular weight is 358 g/mol. The van der Waals surface area contributed by atoms with Crippen LogP contribution in [0, 0.1) is 0 Å². The molecule has 0 aliphatic heterocycles. The lowest BCUT2D eigenvalue weighted by Crippen LogP contribution is -2.27. The number of rotatable bonds is 8. The van der Waals surface area contributed by atoms with E-state index in [0.717, 1.165) is 19.3 Å². The van der Waals surface area contributed by atoms with Crippen LogP contribution >= 0.6 is 0 Å². The minimum atomic E-state index is 0.125. The van der Waals surface area contributed by atoms with Crippen molar-refractivity contribution in [1.82, 2.24) is 4.98 Å². The normalized spacial score (nSPS) is 15.7. The van der Waals surface area contributed by atoms with Gasteiger partial charge in [-0.2, -0.15) is 0 Å². The lowest BCUT2D eigenvalue weighted by molar-refractivity contribution is 0.338. The number of nitrogens with zero attached hydrogens (tertiary/aromatic N) is 1. The molecule has 1 aromatic heterocycles. The fraction of sp³-hybridized carbons (Fsp3) is 0.346. The van der Waals surface area contributed by atoms with E-state index >= 15 is 0 Å². The van der Waals surface area contributed by atoms with Gasteiger partial charge in [-0.1, -0.05) is 81.4 Å². The minimum Gasteiger partial charge on any atom is -0.265 e. The van der Waals surface area contributed by atoms with Gasteiger partial charge in [-0.15, -0.1) is 0 Å². The Morgan fingerprint density at radius 2 is 1.37 bits per heavy atom. The molecule has 3 atom stereocenters. The molecule has 0 bridgehead atoms. The highest BCUT2D eigenvalue weighted by Gasteiger charge is 2.32. The van der Waals surface area contributed by atoms with E-state index in [1.165, 1.54) is 16.7 Å². The summed E-state index contributed by atoms with van der Waals surface area (Å²) < 4.78 is 0. The summed E-state index contributed by atoms with van der Waals surface area (Å²) in [4.78, 5) is 4.18. The molecule has 3 rings (SSSR count). The van der Waals surface area contributed by atoms with E-state index in [2.05, 4.69) is 98.6 Å². The Kier molecular flexibility index (Phi) is 6.45. The minimum absolute atomic E-state index is 0.125. The smallest absolute Gasteiger partial charge is 0.0270 e. The van der Waals surface area contributed by atoms with E-state index in [1.54, 1.807) is 0 Å². The Morgan fingerprint density at radius 3 is 1.96 bits per heavy atom. The molecule has 1 heterocycles. The van der Waals surface area contributed by atoms with Crippen molar-refractivity contribution in [1.29, 1.82) is 0 Å². The van der Waals surface area contributed by atoms with Crippen LogP contribution in [0.4, 0.5) is 0 Å². The third-order valence-corrected chi connectivity index (χ3v) is 5.96. The third kappa shape index (κ3) is 4.86. The van der Waals surface area contributed by atoms with Gasteiger partial charge in [0.15, 0.2) is 0 Å². The van der Waals surface area contributed by atoms with Crippen LogP contribution in [0.5, 0.6) is 0 Å². The standard InChI is InChI=1S/C26H31N/c1-4-22(24-11-7-5-8-12-24)20-26(3,25-13-9-6-10-14-25)19-21(2)23-15-17-27-18-16-23/h5-18,21-22H,4,19-20H2,1-3H3. The van der Waals surface area contributed by atoms with Crippen LogP contribution in [-0.2, 0) is 5.41 Å². The Morgan fingerprint density at radius 1 is 0.778 bits per heavy atom. The monoisotopic (exact) mass is 357 g/mol. The SMILES string of the molecule is CCC(CC(C)(CC(C)c1ccncc1)c1ccccc1)c1ccccc1. The summed E-state index contributed by atoms with van der Waals surface area (Å²) in [7, 11) is 0. The van der Waals surface area contributed by atoms with Crippen LogP contribution in [-0.4, -0.2) is 4.98 Å². The summed E-state index contributed by atoms with van der Waals surface area (Å²) in [6, 6.07) is 26.4. The summed E-state index contributed by atoms with van der Waals surface area (Å²) in [5, 5.41) is 0. The fourth-order valence-corrected chi connectivity index (χ4v) is 4.41. The van der Waals surface area contributed by atoms with Gasteiger partial charge < -0.3 is 0 Å². The van der Waals surface area contributed by atoms with Crippen molar-refractivity contribution in [2.24, 2.45) is 0 Å². The third-order valence-electron chi connectivity index (χ3n) is 5.96. The number of pyridine rings is 1. The van der Waals surface area contributed by atoms with Gasteiger partial charge in [-0.05, 0) is 65.3 Å². The van der Waals surface area contributed by atoms with Crippen LogP contribution < -0.4 is 0 Å². The molecule has 0 amide bonds. The van der Waals surface area contributed by atoms with Crippen LogP contribution in [0.25, 0.3) is 0 Å². The topological polar surface area (TPSA) is 12.9 Å². The van der Waals surface area contributed by atoms with Crippen molar-refractivity contribution in [3.05, 3.63) is 102 Å². The lowest BCUT2D eigenvalue weighted by atomic mass is 9.68. The molecule has 140 valence electrons. The van der Waals surface area contributed by atoms with Gasteiger partial charge in [0.1, 0.15) is 0 Å². The largest absolute Gasteiger partial charge is 0.265 e. The van der Waals surface area contributed by atoms with Crippen molar-refractivity contribution in [2.75, 3.05) is 0 Å². The van der Waals surface area contributed by atoms with Crippen LogP contribution in [0.1, 0.15) is 68.6 Å². The molecule has 0 aliphatic rings. The maximum atomic E-state index is 4.18. The van der Waals surface area contributed by atoms with Gasteiger partial charge in [0.25, 0.3) is 0 Å². The van der Waals surface area contributed by atoms with Gasteiger partial charge in [0.05, 0.1) is 0 Å². The molecule has 27 heavy (non-hydrogen) atoms. The second-order valence-corrected chi connectivity index (χ2v) is 8.03. The van der Waals surface area contributed by atoms with E-state index in [-0.39, 0.29) is 5.41 Å². The second-order valence-electron chi connectivity index (χ2n) is 8.03. The molecule has 0 saturated carbocycles. The molecule has 2 aromatic carbocycles.